The van der Waals surface area contributed by atoms with Gasteiger partial charge in [0, 0.05) is 11.6 Å². The van der Waals surface area contributed by atoms with Crippen molar-refractivity contribution in [1.29, 1.82) is 0 Å². The normalized spacial score (nSPS) is 10.4. The Bertz CT molecular complexity index is 630. The van der Waals surface area contributed by atoms with Crippen LogP contribution in [-0.4, -0.2) is 13.2 Å². The lowest BCUT2D eigenvalue weighted by molar-refractivity contribution is 0.269. The maximum atomic E-state index is 5.92. The summed E-state index contributed by atoms with van der Waals surface area (Å²) >= 11 is 5.91. The highest BCUT2D eigenvalue weighted by molar-refractivity contribution is 6.30. The molecule has 0 unspecified atom stereocenters. The molecule has 25 heavy (non-hydrogen) atoms. The monoisotopic (exact) mass is 383 g/mol. The van der Waals surface area contributed by atoms with Gasteiger partial charge < -0.3 is 14.8 Å². The number of nitrogens with one attached hydrogen (secondary N) is 1. The quantitative estimate of drug-likeness (QED) is 0.621. The first-order valence-corrected chi connectivity index (χ1v) is 8.80. The van der Waals surface area contributed by atoms with Gasteiger partial charge in [0.1, 0.15) is 6.61 Å². The Labute approximate surface area is 162 Å². The minimum Gasteiger partial charge on any atom is -0.490 e. The Morgan fingerprint density at radius 1 is 0.960 bits per heavy atom. The Kier molecular flexibility index (Phi) is 9.73. The van der Waals surface area contributed by atoms with Gasteiger partial charge in [0.05, 0.1) is 6.61 Å². The number of benzene rings is 2. The number of hydrogen-bond donors (Lipinski definition) is 1. The van der Waals surface area contributed by atoms with Crippen LogP contribution in [0, 0.1) is 5.92 Å². The van der Waals surface area contributed by atoms with Crippen LogP contribution in [0.15, 0.2) is 42.5 Å². The summed E-state index contributed by atoms with van der Waals surface area (Å²) < 4.78 is 11.7. The predicted molar refractivity (Wildman–Crippen MR) is 107 cm³/mol. The fourth-order valence-corrected chi connectivity index (χ4v) is 2.42. The van der Waals surface area contributed by atoms with Crippen LogP contribution >= 0.6 is 24.0 Å². The van der Waals surface area contributed by atoms with Crippen molar-refractivity contribution in [2.45, 2.75) is 33.9 Å². The van der Waals surface area contributed by atoms with Crippen molar-refractivity contribution >= 4 is 24.0 Å². The molecule has 2 aromatic carbocycles. The molecule has 0 saturated heterocycles. The smallest absolute Gasteiger partial charge is 0.161 e. The molecule has 0 aliphatic heterocycles. The maximum Gasteiger partial charge on any atom is 0.161 e. The zero-order chi connectivity index (χ0) is 17.4. The first kappa shape index (κ1) is 21.6. The van der Waals surface area contributed by atoms with Gasteiger partial charge in [-0.05, 0) is 54.8 Å². The van der Waals surface area contributed by atoms with Gasteiger partial charge in [-0.2, -0.15) is 0 Å². The molecule has 0 heterocycles. The Hall–Kier alpha value is -1.42. The van der Waals surface area contributed by atoms with E-state index in [1.54, 1.807) is 0 Å². The molecule has 0 aromatic heterocycles. The summed E-state index contributed by atoms with van der Waals surface area (Å²) in [6.45, 7) is 9.31. The van der Waals surface area contributed by atoms with Crippen LogP contribution in [-0.2, 0) is 13.2 Å². The molecule has 0 spiro atoms. The van der Waals surface area contributed by atoms with Crippen LogP contribution in [0.3, 0.4) is 0 Å². The number of rotatable bonds is 9. The average molecular weight is 384 g/mol. The number of halogens is 2. The van der Waals surface area contributed by atoms with Gasteiger partial charge in [-0.1, -0.05) is 43.6 Å². The van der Waals surface area contributed by atoms with Crippen molar-refractivity contribution < 1.29 is 9.47 Å². The number of hydrogen-bond acceptors (Lipinski definition) is 3. The van der Waals surface area contributed by atoms with Crippen LogP contribution < -0.4 is 14.8 Å². The highest BCUT2D eigenvalue weighted by Crippen LogP contribution is 2.29. The van der Waals surface area contributed by atoms with Gasteiger partial charge in [0.15, 0.2) is 11.5 Å². The molecule has 0 saturated carbocycles. The summed E-state index contributed by atoms with van der Waals surface area (Å²) in [7, 11) is 0. The van der Waals surface area contributed by atoms with Crippen molar-refractivity contribution in [2.24, 2.45) is 5.92 Å². The minimum atomic E-state index is 0. The van der Waals surface area contributed by atoms with Gasteiger partial charge in [0.2, 0.25) is 0 Å². The Balaban J connectivity index is 0.00000312. The molecule has 1 N–H and O–H groups in total. The molecular formula is C20H27Cl2NO2. The van der Waals surface area contributed by atoms with E-state index in [0.29, 0.717) is 19.1 Å². The zero-order valence-corrected chi connectivity index (χ0v) is 16.6. The van der Waals surface area contributed by atoms with Crippen LogP contribution in [0.4, 0.5) is 0 Å². The Morgan fingerprint density at radius 2 is 1.64 bits per heavy atom. The van der Waals surface area contributed by atoms with Gasteiger partial charge >= 0.3 is 0 Å². The summed E-state index contributed by atoms with van der Waals surface area (Å²) in [5, 5.41) is 4.17. The summed E-state index contributed by atoms with van der Waals surface area (Å²) in [6, 6.07) is 13.8. The molecule has 0 bridgehead atoms. The second-order valence-electron chi connectivity index (χ2n) is 6.15. The topological polar surface area (TPSA) is 30.5 Å². The lowest BCUT2D eigenvalue weighted by Gasteiger charge is -2.14. The first-order valence-electron chi connectivity index (χ1n) is 8.42. The summed E-state index contributed by atoms with van der Waals surface area (Å²) in [6.07, 6.45) is 0. The third-order valence-electron chi connectivity index (χ3n) is 3.50. The van der Waals surface area contributed by atoms with Gasteiger partial charge in [0.25, 0.3) is 0 Å². The molecule has 0 amide bonds. The molecule has 138 valence electrons. The lowest BCUT2D eigenvalue weighted by Crippen LogP contribution is -2.19. The Morgan fingerprint density at radius 3 is 2.28 bits per heavy atom. The van der Waals surface area contributed by atoms with Gasteiger partial charge in [-0.3, -0.25) is 0 Å². The van der Waals surface area contributed by atoms with Crippen molar-refractivity contribution in [3.63, 3.8) is 0 Å². The average Bonchev–Trinajstić information content (AvgIpc) is 2.55. The van der Waals surface area contributed by atoms with E-state index in [9.17, 15) is 0 Å². The SMILES string of the molecule is CCOc1cc(CNCC(C)C)ccc1OCc1ccc(Cl)cc1.Cl. The van der Waals surface area contributed by atoms with E-state index in [4.69, 9.17) is 21.1 Å². The van der Waals surface area contributed by atoms with Crippen molar-refractivity contribution in [2.75, 3.05) is 13.2 Å². The highest BCUT2D eigenvalue weighted by Gasteiger charge is 2.07. The molecule has 0 aliphatic carbocycles. The lowest BCUT2D eigenvalue weighted by atomic mass is 10.1. The third-order valence-corrected chi connectivity index (χ3v) is 3.75. The fraction of sp³-hybridized carbons (Fsp3) is 0.400. The third kappa shape index (κ3) is 7.55. The largest absolute Gasteiger partial charge is 0.490 e. The molecule has 0 radical (unpaired) electrons. The molecule has 0 atom stereocenters. The molecule has 0 aliphatic rings. The second-order valence-corrected chi connectivity index (χ2v) is 6.59. The molecule has 5 heteroatoms. The van der Waals surface area contributed by atoms with Gasteiger partial charge in [-0.25, -0.2) is 0 Å². The van der Waals surface area contributed by atoms with E-state index in [-0.39, 0.29) is 12.4 Å². The van der Waals surface area contributed by atoms with Crippen LogP contribution in [0.2, 0.25) is 5.02 Å². The zero-order valence-electron chi connectivity index (χ0n) is 15.0. The first-order chi connectivity index (χ1) is 11.6. The van der Waals surface area contributed by atoms with Crippen LogP contribution in [0.1, 0.15) is 31.9 Å². The van der Waals surface area contributed by atoms with E-state index in [0.717, 1.165) is 35.2 Å². The molecule has 3 nitrogen and oxygen atoms in total. The van der Waals surface area contributed by atoms with Crippen molar-refractivity contribution in [3.8, 4) is 11.5 Å². The maximum absolute atomic E-state index is 5.92. The van der Waals surface area contributed by atoms with Crippen LogP contribution in [0.25, 0.3) is 0 Å². The van der Waals surface area contributed by atoms with E-state index >= 15 is 0 Å². The number of ether oxygens (including phenoxy) is 2. The summed E-state index contributed by atoms with van der Waals surface area (Å²) in [4.78, 5) is 0. The van der Waals surface area contributed by atoms with E-state index in [1.165, 1.54) is 5.56 Å². The highest BCUT2D eigenvalue weighted by atomic mass is 35.5. The minimum absolute atomic E-state index is 0. The predicted octanol–water partition coefficient (Wildman–Crippen LogP) is 5.49. The molecule has 2 aromatic rings. The summed E-state index contributed by atoms with van der Waals surface area (Å²) in [5.41, 5.74) is 2.27. The molecule has 0 fully saturated rings. The van der Waals surface area contributed by atoms with Crippen molar-refractivity contribution in [3.05, 3.63) is 58.6 Å². The van der Waals surface area contributed by atoms with Crippen LogP contribution in [0.5, 0.6) is 11.5 Å². The van der Waals surface area contributed by atoms with Crippen molar-refractivity contribution in [1.82, 2.24) is 5.32 Å². The van der Waals surface area contributed by atoms with Gasteiger partial charge in [-0.15, -0.1) is 12.4 Å². The van der Waals surface area contributed by atoms with E-state index in [1.807, 2.05) is 43.3 Å². The fourth-order valence-electron chi connectivity index (χ4n) is 2.30. The second kappa shape index (κ2) is 11.2. The summed E-state index contributed by atoms with van der Waals surface area (Å²) in [5.74, 6) is 2.19. The molecule has 2 rings (SSSR count). The molecular weight excluding hydrogens is 357 g/mol. The standard InChI is InChI=1S/C20H26ClNO2.ClH/c1-4-23-20-11-17(13-22-12-15(2)3)7-10-19(20)24-14-16-5-8-18(21)9-6-16;/h5-11,15,22H,4,12-14H2,1-3H3;1H. The van der Waals surface area contributed by atoms with E-state index in [2.05, 4.69) is 25.2 Å². The van der Waals surface area contributed by atoms with E-state index < -0.39 is 0 Å².